The van der Waals surface area contributed by atoms with Crippen molar-refractivity contribution in [1.82, 2.24) is 10.6 Å². The Bertz CT molecular complexity index is 535. The molecule has 1 aromatic carbocycles. The summed E-state index contributed by atoms with van der Waals surface area (Å²) in [5.41, 5.74) is 2.32. The molecule has 5 nitrogen and oxygen atoms in total. The van der Waals surface area contributed by atoms with Crippen LogP contribution in [-0.2, 0) is 13.0 Å². The van der Waals surface area contributed by atoms with Crippen molar-refractivity contribution in [2.24, 2.45) is 4.99 Å². The fourth-order valence-electron chi connectivity index (χ4n) is 2.55. The van der Waals surface area contributed by atoms with Gasteiger partial charge in [0.05, 0.1) is 6.61 Å². The van der Waals surface area contributed by atoms with Gasteiger partial charge in [-0.1, -0.05) is 6.92 Å². The predicted octanol–water partition coefficient (Wildman–Crippen LogP) is 3.10. The van der Waals surface area contributed by atoms with Crippen molar-refractivity contribution >= 4 is 29.9 Å². The van der Waals surface area contributed by atoms with Gasteiger partial charge in [-0.3, -0.25) is 4.99 Å². The molecule has 1 heterocycles. The summed E-state index contributed by atoms with van der Waals surface area (Å²) in [6.45, 7) is 8.45. The number of halogens is 1. The number of guanidine groups is 1. The van der Waals surface area contributed by atoms with Crippen LogP contribution < -0.4 is 20.1 Å². The van der Waals surface area contributed by atoms with Gasteiger partial charge in [-0.15, -0.1) is 24.0 Å². The third-order valence-electron chi connectivity index (χ3n) is 3.59. The van der Waals surface area contributed by atoms with Crippen LogP contribution in [0.15, 0.2) is 17.1 Å². The highest BCUT2D eigenvalue weighted by Gasteiger charge is 2.21. The largest absolute Gasteiger partial charge is 0.494 e. The lowest BCUT2D eigenvalue weighted by Gasteiger charge is -2.15. The topological polar surface area (TPSA) is 54.9 Å². The van der Waals surface area contributed by atoms with Gasteiger partial charge in [0.2, 0.25) is 0 Å². The van der Waals surface area contributed by atoms with Crippen LogP contribution in [0.4, 0.5) is 0 Å². The predicted molar refractivity (Wildman–Crippen MR) is 105 cm³/mol. The Balaban J connectivity index is 0.00000264. The molecule has 1 aliphatic heterocycles. The van der Waals surface area contributed by atoms with E-state index in [1.165, 1.54) is 5.56 Å². The van der Waals surface area contributed by atoms with Gasteiger partial charge in [-0.05, 0) is 32.4 Å². The minimum atomic E-state index is 0. The number of hydrogen-bond donors (Lipinski definition) is 2. The van der Waals surface area contributed by atoms with Gasteiger partial charge in [0.25, 0.3) is 0 Å². The van der Waals surface area contributed by atoms with E-state index in [2.05, 4.69) is 41.6 Å². The molecule has 1 aromatic rings. The summed E-state index contributed by atoms with van der Waals surface area (Å²) in [6.07, 6.45) is 2.25. The molecule has 0 radical (unpaired) electrons. The molecule has 1 unspecified atom stereocenters. The second kappa shape index (κ2) is 9.85. The quantitative estimate of drug-likeness (QED) is 0.411. The highest BCUT2D eigenvalue weighted by Crippen LogP contribution is 2.35. The third kappa shape index (κ3) is 5.44. The van der Waals surface area contributed by atoms with Gasteiger partial charge >= 0.3 is 0 Å². The summed E-state index contributed by atoms with van der Waals surface area (Å²) in [5.74, 6) is 2.71. The van der Waals surface area contributed by atoms with Gasteiger partial charge < -0.3 is 20.1 Å². The summed E-state index contributed by atoms with van der Waals surface area (Å²) < 4.78 is 11.6. The van der Waals surface area contributed by atoms with E-state index < -0.39 is 0 Å². The Labute approximate surface area is 156 Å². The van der Waals surface area contributed by atoms with Crippen molar-refractivity contribution in [3.8, 4) is 11.5 Å². The average Bonchev–Trinajstić information content (AvgIpc) is 2.86. The minimum absolute atomic E-state index is 0. The maximum absolute atomic E-state index is 5.85. The van der Waals surface area contributed by atoms with Crippen LogP contribution in [0.1, 0.15) is 38.3 Å². The zero-order valence-corrected chi connectivity index (χ0v) is 16.8. The maximum atomic E-state index is 5.85. The fraction of sp³-hybridized carbons (Fsp3) is 0.588. The van der Waals surface area contributed by atoms with E-state index >= 15 is 0 Å². The lowest BCUT2D eigenvalue weighted by Crippen LogP contribution is -2.37. The van der Waals surface area contributed by atoms with Crippen LogP contribution >= 0.6 is 24.0 Å². The summed E-state index contributed by atoms with van der Waals surface area (Å²) >= 11 is 0. The van der Waals surface area contributed by atoms with Crippen molar-refractivity contribution in [3.05, 3.63) is 23.3 Å². The Hall–Kier alpha value is -1.18. The van der Waals surface area contributed by atoms with Crippen molar-refractivity contribution in [1.29, 1.82) is 0 Å². The molecule has 0 saturated heterocycles. The molecular formula is C17H28IN3O2. The molecule has 0 aromatic heterocycles. The Morgan fingerprint density at radius 1 is 1.35 bits per heavy atom. The number of benzene rings is 1. The highest BCUT2D eigenvalue weighted by molar-refractivity contribution is 14.0. The standard InChI is InChI=1S/C17H27N3O2.HI/c1-5-7-19-17(18-4)20-11-14-10-16-13(8-12(3)22-16)9-15(14)21-6-2;/h9-10,12H,5-8,11H2,1-4H3,(H2,18,19,20);1H. The van der Waals surface area contributed by atoms with E-state index in [1.54, 1.807) is 7.05 Å². The molecule has 0 aliphatic carbocycles. The molecule has 1 atom stereocenters. The Morgan fingerprint density at radius 3 is 2.78 bits per heavy atom. The van der Waals surface area contributed by atoms with Crippen LogP contribution in [0.25, 0.3) is 0 Å². The van der Waals surface area contributed by atoms with Crippen LogP contribution in [0.3, 0.4) is 0 Å². The van der Waals surface area contributed by atoms with E-state index in [0.717, 1.165) is 42.4 Å². The molecule has 130 valence electrons. The van der Waals surface area contributed by atoms with E-state index in [1.807, 2.05) is 6.92 Å². The number of rotatable bonds is 6. The fourth-order valence-corrected chi connectivity index (χ4v) is 2.55. The second-order valence-electron chi connectivity index (χ2n) is 5.49. The third-order valence-corrected chi connectivity index (χ3v) is 3.59. The molecule has 2 rings (SSSR count). The number of fused-ring (bicyclic) bond motifs is 1. The first-order valence-corrected chi connectivity index (χ1v) is 8.07. The first kappa shape index (κ1) is 19.9. The lowest BCUT2D eigenvalue weighted by molar-refractivity contribution is 0.254. The number of ether oxygens (including phenoxy) is 2. The Morgan fingerprint density at radius 2 is 2.13 bits per heavy atom. The summed E-state index contributed by atoms with van der Waals surface area (Å²) in [4.78, 5) is 4.22. The van der Waals surface area contributed by atoms with Crippen molar-refractivity contribution in [2.45, 2.75) is 46.3 Å². The van der Waals surface area contributed by atoms with Gasteiger partial charge in [0.1, 0.15) is 17.6 Å². The molecule has 0 fully saturated rings. The lowest BCUT2D eigenvalue weighted by atomic mass is 10.1. The Kier molecular flexibility index (Phi) is 8.51. The SMILES string of the molecule is CCCNC(=NC)NCc1cc2c(cc1OCC)CC(C)O2.I. The second-order valence-corrected chi connectivity index (χ2v) is 5.49. The molecule has 2 N–H and O–H groups in total. The highest BCUT2D eigenvalue weighted by atomic mass is 127. The number of nitrogens with one attached hydrogen (secondary N) is 2. The van der Waals surface area contributed by atoms with E-state index in [0.29, 0.717) is 13.2 Å². The van der Waals surface area contributed by atoms with Gasteiger partial charge in [-0.2, -0.15) is 0 Å². The van der Waals surface area contributed by atoms with Crippen molar-refractivity contribution < 1.29 is 9.47 Å². The molecule has 0 saturated carbocycles. The molecule has 0 bridgehead atoms. The first-order valence-electron chi connectivity index (χ1n) is 8.07. The smallest absolute Gasteiger partial charge is 0.191 e. The number of aliphatic imine (C=N–C) groups is 1. The summed E-state index contributed by atoms with van der Waals surface area (Å²) in [7, 11) is 1.78. The first-order chi connectivity index (χ1) is 10.7. The number of hydrogen-bond acceptors (Lipinski definition) is 3. The van der Waals surface area contributed by atoms with E-state index in [9.17, 15) is 0 Å². The van der Waals surface area contributed by atoms with E-state index in [-0.39, 0.29) is 30.1 Å². The van der Waals surface area contributed by atoms with Crippen molar-refractivity contribution in [3.63, 3.8) is 0 Å². The minimum Gasteiger partial charge on any atom is -0.494 e. The number of nitrogens with zero attached hydrogens (tertiary/aromatic N) is 1. The molecular weight excluding hydrogens is 405 g/mol. The van der Waals surface area contributed by atoms with Crippen LogP contribution in [0.2, 0.25) is 0 Å². The molecule has 0 amide bonds. The molecule has 1 aliphatic rings. The van der Waals surface area contributed by atoms with Crippen molar-refractivity contribution in [2.75, 3.05) is 20.2 Å². The van der Waals surface area contributed by atoms with Crippen LogP contribution in [-0.4, -0.2) is 32.3 Å². The maximum Gasteiger partial charge on any atom is 0.191 e. The van der Waals surface area contributed by atoms with Gasteiger partial charge in [0, 0.05) is 37.7 Å². The molecule has 6 heteroatoms. The van der Waals surface area contributed by atoms with E-state index in [4.69, 9.17) is 9.47 Å². The monoisotopic (exact) mass is 433 g/mol. The molecule has 23 heavy (non-hydrogen) atoms. The molecule has 0 spiro atoms. The average molecular weight is 433 g/mol. The zero-order valence-electron chi connectivity index (χ0n) is 14.4. The van der Waals surface area contributed by atoms with Crippen LogP contribution in [0.5, 0.6) is 11.5 Å². The summed E-state index contributed by atoms with van der Waals surface area (Å²) in [6, 6.07) is 4.20. The summed E-state index contributed by atoms with van der Waals surface area (Å²) in [5, 5.41) is 6.59. The van der Waals surface area contributed by atoms with Gasteiger partial charge in [0.15, 0.2) is 5.96 Å². The zero-order chi connectivity index (χ0) is 15.9. The van der Waals surface area contributed by atoms with Crippen LogP contribution in [0, 0.1) is 0 Å². The van der Waals surface area contributed by atoms with Gasteiger partial charge in [-0.25, -0.2) is 0 Å². The normalized spacial score (nSPS) is 16.2.